The van der Waals surface area contributed by atoms with Gasteiger partial charge in [-0.05, 0) is 96.9 Å². The molecule has 0 aliphatic rings. The highest BCUT2D eigenvalue weighted by Gasteiger charge is 2.19. The van der Waals surface area contributed by atoms with Gasteiger partial charge in [0.25, 0.3) is 5.69 Å². The van der Waals surface area contributed by atoms with Gasteiger partial charge in [0, 0.05) is 18.2 Å². The molecule has 0 fully saturated rings. The van der Waals surface area contributed by atoms with E-state index in [1.54, 1.807) is 73.7 Å². The molecule has 0 bridgehead atoms. The summed E-state index contributed by atoms with van der Waals surface area (Å²) in [6.45, 7) is 1.43. The van der Waals surface area contributed by atoms with E-state index < -0.39 is 16.9 Å². The first-order chi connectivity index (χ1) is 23.2. The second kappa shape index (κ2) is 15.3. The largest absolute Gasteiger partial charge is 0.478 e. The van der Waals surface area contributed by atoms with E-state index in [0.717, 1.165) is 5.56 Å². The van der Waals surface area contributed by atoms with Crippen LogP contribution in [0.3, 0.4) is 0 Å². The monoisotopic (exact) mass is 653 g/mol. The maximum Gasteiger partial charge on any atom is 0.344 e. The van der Waals surface area contributed by atoms with Gasteiger partial charge >= 0.3 is 11.9 Å². The number of non-ortho nitro benzene ring substituents is 1. The van der Waals surface area contributed by atoms with Gasteiger partial charge in [0.2, 0.25) is 0 Å². The SMILES string of the molecule is Cc1ccc(C(=O)O)c(C(=O)Oc2ccc(Oc3cccc(Oc4ccc(OOCc5cc([N+](=O)[O-])ccc5COO)cc4)c3)cc2)c1. The van der Waals surface area contributed by atoms with Crippen LogP contribution >= 0.6 is 0 Å². The molecule has 0 spiro atoms. The molecular formula is C35H27NO12. The first-order valence-electron chi connectivity index (χ1n) is 14.2. The Bertz CT molecular complexity index is 1920. The summed E-state index contributed by atoms with van der Waals surface area (Å²) in [6, 6.07) is 28.2. The molecule has 0 amide bonds. The average molecular weight is 654 g/mol. The van der Waals surface area contributed by atoms with Gasteiger partial charge in [-0.2, -0.15) is 4.89 Å². The van der Waals surface area contributed by atoms with Crippen molar-refractivity contribution in [2.75, 3.05) is 0 Å². The number of hydrogen-bond donors (Lipinski definition) is 2. The Morgan fingerprint density at radius 1 is 0.688 bits per heavy atom. The molecule has 244 valence electrons. The van der Waals surface area contributed by atoms with Crippen LogP contribution in [0.1, 0.15) is 37.4 Å². The third kappa shape index (κ3) is 8.70. The number of aromatic carboxylic acids is 1. The number of nitro benzene ring substituents is 1. The molecule has 0 aliphatic carbocycles. The lowest BCUT2D eigenvalue weighted by atomic mass is 10.0. The van der Waals surface area contributed by atoms with Crippen LogP contribution in [0.15, 0.2) is 109 Å². The molecule has 2 N–H and O–H groups in total. The smallest absolute Gasteiger partial charge is 0.344 e. The van der Waals surface area contributed by atoms with Gasteiger partial charge in [0.15, 0.2) is 5.75 Å². The number of carboxylic acids is 1. The number of carbonyl (C=O) groups excluding carboxylic acids is 1. The molecule has 0 heterocycles. The van der Waals surface area contributed by atoms with Gasteiger partial charge in [-0.1, -0.05) is 17.7 Å². The summed E-state index contributed by atoms with van der Waals surface area (Å²) in [6.07, 6.45) is 0. The Hall–Kier alpha value is -6.28. The van der Waals surface area contributed by atoms with Crippen molar-refractivity contribution in [2.24, 2.45) is 0 Å². The Morgan fingerprint density at radius 2 is 1.31 bits per heavy atom. The van der Waals surface area contributed by atoms with Crippen LogP contribution in [0.5, 0.6) is 34.5 Å². The number of carboxylic acid groups (broad SMARTS) is 1. The fourth-order valence-corrected chi connectivity index (χ4v) is 4.42. The standard InChI is InChI=1S/C35H27NO12/c1-22-5-16-32(34(37)38)33(17-22)35(39)47-28-10-8-26(9-11-28)45-30-3-2-4-31(19-30)46-27-12-14-29(15-13-27)48-44-21-24-18-25(36(40)41)7-6-23(24)20-43-42/h2-19,42H,20-21H2,1H3,(H,37,38). The maximum atomic E-state index is 12.7. The normalized spacial score (nSPS) is 10.6. The number of aryl methyl sites for hydroxylation is 1. The molecule has 48 heavy (non-hydrogen) atoms. The van der Waals surface area contributed by atoms with Crippen molar-refractivity contribution in [1.29, 1.82) is 0 Å². The second-order valence-electron chi connectivity index (χ2n) is 10.2. The van der Waals surface area contributed by atoms with Crippen LogP contribution in [0, 0.1) is 17.0 Å². The number of ether oxygens (including phenoxy) is 3. The highest BCUT2D eigenvalue weighted by molar-refractivity contribution is 6.03. The lowest BCUT2D eigenvalue weighted by Crippen LogP contribution is -2.14. The van der Waals surface area contributed by atoms with Gasteiger partial charge in [-0.25, -0.2) is 14.5 Å². The first-order valence-corrected chi connectivity index (χ1v) is 14.2. The van der Waals surface area contributed by atoms with E-state index >= 15 is 0 Å². The molecule has 0 aliphatic heterocycles. The highest BCUT2D eigenvalue weighted by Crippen LogP contribution is 2.30. The number of nitrogens with zero attached hydrogens (tertiary/aromatic N) is 1. The Labute approximate surface area is 273 Å². The highest BCUT2D eigenvalue weighted by atomic mass is 17.2. The zero-order valence-corrected chi connectivity index (χ0v) is 25.2. The summed E-state index contributed by atoms with van der Waals surface area (Å²) < 4.78 is 17.2. The van der Waals surface area contributed by atoms with E-state index in [9.17, 15) is 24.8 Å². The van der Waals surface area contributed by atoms with Crippen LogP contribution in [-0.4, -0.2) is 27.2 Å². The third-order valence-corrected chi connectivity index (χ3v) is 6.75. The van der Waals surface area contributed by atoms with Gasteiger partial charge in [-0.3, -0.25) is 15.4 Å². The quantitative estimate of drug-likeness (QED) is 0.0390. The molecule has 5 aromatic carbocycles. The minimum Gasteiger partial charge on any atom is -0.478 e. The number of carbonyl (C=O) groups is 2. The Balaban J connectivity index is 1.15. The minimum absolute atomic E-state index is 0.0439. The Morgan fingerprint density at radius 3 is 1.92 bits per heavy atom. The lowest BCUT2D eigenvalue weighted by molar-refractivity contribution is -0.385. The van der Waals surface area contributed by atoms with Crippen molar-refractivity contribution in [2.45, 2.75) is 20.1 Å². The van der Waals surface area contributed by atoms with E-state index in [1.807, 2.05) is 0 Å². The molecule has 0 aromatic heterocycles. The molecule has 0 saturated heterocycles. The summed E-state index contributed by atoms with van der Waals surface area (Å²) >= 11 is 0. The molecule has 0 radical (unpaired) electrons. The van der Waals surface area contributed by atoms with Gasteiger partial charge in [0.1, 0.15) is 42.0 Å². The van der Waals surface area contributed by atoms with E-state index in [-0.39, 0.29) is 35.8 Å². The fourth-order valence-electron chi connectivity index (χ4n) is 4.42. The predicted octanol–water partition coefficient (Wildman–Crippen LogP) is 7.91. The van der Waals surface area contributed by atoms with Gasteiger partial charge < -0.3 is 24.2 Å². The number of hydrogen-bond acceptors (Lipinski definition) is 11. The molecule has 5 aromatic rings. The second-order valence-corrected chi connectivity index (χ2v) is 10.2. The van der Waals surface area contributed by atoms with Crippen LogP contribution in [-0.2, 0) is 23.0 Å². The molecule has 13 heteroatoms. The van der Waals surface area contributed by atoms with Crippen LogP contribution in [0.4, 0.5) is 5.69 Å². The summed E-state index contributed by atoms with van der Waals surface area (Å²) in [4.78, 5) is 49.4. The zero-order valence-electron chi connectivity index (χ0n) is 25.2. The molecule has 0 unspecified atom stereocenters. The number of benzene rings is 5. The lowest BCUT2D eigenvalue weighted by Gasteiger charge is -2.11. The maximum absolute atomic E-state index is 12.7. The summed E-state index contributed by atoms with van der Waals surface area (Å²) in [5.74, 6) is 0.456. The van der Waals surface area contributed by atoms with Crippen LogP contribution in [0.25, 0.3) is 0 Å². The molecular weight excluding hydrogens is 626 g/mol. The zero-order chi connectivity index (χ0) is 34.0. The molecule has 5 rings (SSSR count). The van der Waals surface area contributed by atoms with Crippen molar-refractivity contribution in [3.05, 3.63) is 147 Å². The first kappa shape index (κ1) is 33.1. The third-order valence-electron chi connectivity index (χ3n) is 6.75. The van der Waals surface area contributed by atoms with Gasteiger partial charge in [-0.15, -0.1) is 0 Å². The van der Waals surface area contributed by atoms with Crippen molar-refractivity contribution in [3.63, 3.8) is 0 Å². The van der Waals surface area contributed by atoms with Crippen LogP contribution in [0.2, 0.25) is 0 Å². The molecule has 0 atom stereocenters. The number of esters is 1. The fraction of sp³-hybridized carbons (Fsp3) is 0.0857. The van der Waals surface area contributed by atoms with E-state index in [1.165, 1.54) is 42.5 Å². The van der Waals surface area contributed by atoms with Crippen molar-refractivity contribution in [1.82, 2.24) is 0 Å². The summed E-state index contributed by atoms with van der Waals surface area (Å²) in [7, 11) is 0. The van der Waals surface area contributed by atoms with Crippen molar-refractivity contribution in [3.8, 4) is 34.5 Å². The van der Waals surface area contributed by atoms with Crippen molar-refractivity contribution >= 4 is 17.6 Å². The summed E-state index contributed by atoms with van der Waals surface area (Å²) in [5.41, 5.74) is 1.30. The molecule has 0 saturated carbocycles. The van der Waals surface area contributed by atoms with Crippen LogP contribution < -0.4 is 19.1 Å². The topological polar surface area (TPSA) is 173 Å². The summed E-state index contributed by atoms with van der Waals surface area (Å²) in [5, 5.41) is 29.3. The van der Waals surface area contributed by atoms with Gasteiger partial charge in [0.05, 0.1) is 16.1 Å². The van der Waals surface area contributed by atoms with E-state index in [2.05, 4.69) is 4.89 Å². The Kier molecular flexibility index (Phi) is 10.6. The van der Waals surface area contributed by atoms with E-state index in [4.69, 9.17) is 29.2 Å². The average Bonchev–Trinajstić information content (AvgIpc) is 3.07. The molecule has 13 nitrogen and oxygen atoms in total. The van der Waals surface area contributed by atoms with E-state index in [0.29, 0.717) is 39.9 Å². The predicted molar refractivity (Wildman–Crippen MR) is 169 cm³/mol. The number of rotatable bonds is 14. The minimum atomic E-state index is -1.23. The number of nitro groups is 1. The van der Waals surface area contributed by atoms with Crippen molar-refractivity contribution < 1.29 is 53.7 Å².